The van der Waals surface area contributed by atoms with Crippen molar-refractivity contribution in [3.63, 3.8) is 0 Å². The van der Waals surface area contributed by atoms with Crippen molar-refractivity contribution in [1.82, 2.24) is 9.88 Å². The number of carbonyl (C=O) groups is 1. The molecule has 146 valence electrons. The molecule has 1 aliphatic rings. The van der Waals surface area contributed by atoms with E-state index in [4.69, 9.17) is 0 Å². The fourth-order valence-corrected chi connectivity index (χ4v) is 4.46. The minimum Gasteiger partial charge on any atom is -0.356 e. The van der Waals surface area contributed by atoms with Crippen molar-refractivity contribution in [3.05, 3.63) is 42.2 Å². The predicted octanol–water partition coefficient (Wildman–Crippen LogP) is 1.42. The summed E-state index contributed by atoms with van der Waals surface area (Å²) in [6.45, 7) is 1.31. The molecule has 9 nitrogen and oxygen atoms in total. The number of nitrogens with one attached hydrogen (secondary N) is 3. The molecule has 1 saturated heterocycles. The Morgan fingerprint density at radius 2 is 1.63 bits per heavy atom. The van der Waals surface area contributed by atoms with Gasteiger partial charge in [-0.2, -0.15) is 0 Å². The number of para-hydroxylation sites is 2. The average molecular weight is 412 g/mol. The highest BCUT2D eigenvalue weighted by molar-refractivity contribution is 7.93. The van der Waals surface area contributed by atoms with Gasteiger partial charge < -0.3 is 9.88 Å². The summed E-state index contributed by atoms with van der Waals surface area (Å²) in [5.74, 6) is -0.243. The van der Waals surface area contributed by atoms with Crippen LogP contribution in [0.1, 0.15) is 23.3 Å². The molecule has 0 aliphatic carbocycles. The second-order valence-electron chi connectivity index (χ2n) is 6.27. The molecule has 11 heteroatoms. The highest BCUT2D eigenvalue weighted by Crippen LogP contribution is 2.25. The molecule has 3 rings (SSSR count). The SMILES string of the molecule is CS(=O)(=O)Nc1ccccc1NS(=O)(=O)c1c[nH]c(C(=O)N2CCCC2)c1. The number of likely N-dealkylation sites (tertiary alicyclic amines) is 1. The number of rotatable bonds is 6. The van der Waals surface area contributed by atoms with Gasteiger partial charge >= 0.3 is 0 Å². The Morgan fingerprint density at radius 3 is 2.22 bits per heavy atom. The van der Waals surface area contributed by atoms with Crippen LogP contribution >= 0.6 is 0 Å². The molecule has 0 bridgehead atoms. The zero-order chi connectivity index (χ0) is 19.7. The minimum absolute atomic E-state index is 0.0801. The summed E-state index contributed by atoms with van der Waals surface area (Å²) in [5.41, 5.74) is 0.379. The first-order chi connectivity index (χ1) is 12.7. The van der Waals surface area contributed by atoms with E-state index in [0.29, 0.717) is 13.1 Å². The van der Waals surface area contributed by atoms with Crippen molar-refractivity contribution >= 4 is 37.3 Å². The number of anilines is 2. The number of carbonyl (C=O) groups excluding carboxylic acids is 1. The fourth-order valence-electron chi connectivity index (χ4n) is 2.81. The third-order valence-corrected chi connectivity index (χ3v) is 5.99. The average Bonchev–Trinajstić information content (AvgIpc) is 3.27. The van der Waals surface area contributed by atoms with Gasteiger partial charge in [-0.15, -0.1) is 0 Å². The maximum Gasteiger partial charge on any atom is 0.270 e. The second kappa shape index (κ2) is 7.24. The highest BCUT2D eigenvalue weighted by Gasteiger charge is 2.24. The lowest BCUT2D eigenvalue weighted by molar-refractivity contribution is 0.0787. The highest BCUT2D eigenvalue weighted by atomic mass is 32.2. The number of aromatic amines is 1. The van der Waals surface area contributed by atoms with Crippen molar-refractivity contribution < 1.29 is 21.6 Å². The summed E-state index contributed by atoms with van der Waals surface area (Å²) in [5, 5.41) is 0. The molecule has 1 aliphatic heterocycles. The van der Waals surface area contributed by atoms with Gasteiger partial charge in [-0.05, 0) is 31.0 Å². The van der Waals surface area contributed by atoms with Gasteiger partial charge in [0.2, 0.25) is 10.0 Å². The van der Waals surface area contributed by atoms with Gasteiger partial charge in [0.1, 0.15) is 10.6 Å². The molecular weight excluding hydrogens is 392 g/mol. The van der Waals surface area contributed by atoms with E-state index >= 15 is 0 Å². The smallest absolute Gasteiger partial charge is 0.270 e. The summed E-state index contributed by atoms with van der Waals surface area (Å²) in [7, 11) is -7.59. The number of hydrogen-bond acceptors (Lipinski definition) is 5. The molecule has 2 aromatic rings. The predicted molar refractivity (Wildman–Crippen MR) is 102 cm³/mol. The van der Waals surface area contributed by atoms with Gasteiger partial charge in [-0.25, -0.2) is 16.8 Å². The Labute approximate surface area is 157 Å². The van der Waals surface area contributed by atoms with Crippen LogP contribution in [-0.2, 0) is 20.0 Å². The number of H-pyrrole nitrogens is 1. The lowest BCUT2D eigenvalue weighted by Gasteiger charge is -2.13. The van der Waals surface area contributed by atoms with Crippen LogP contribution in [0.5, 0.6) is 0 Å². The molecule has 2 heterocycles. The van der Waals surface area contributed by atoms with E-state index in [9.17, 15) is 21.6 Å². The molecule has 0 unspecified atom stereocenters. The minimum atomic E-state index is -4.01. The summed E-state index contributed by atoms with van der Waals surface area (Å²) in [6.07, 6.45) is 4.07. The van der Waals surface area contributed by atoms with Crippen LogP contribution in [0.4, 0.5) is 11.4 Å². The maximum absolute atomic E-state index is 12.6. The van der Waals surface area contributed by atoms with Gasteiger partial charge in [0.25, 0.3) is 15.9 Å². The van der Waals surface area contributed by atoms with Crippen LogP contribution in [0.25, 0.3) is 0 Å². The standard InChI is InChI=1S/C16H20N4O5S2/c1-26(22,23)18-13-6-2-3-7-14(13)19-27(24,25)12-10-15(17-11-12)16(21)20-8-4-5-9-20/h2-3,6-7,10-11,17-19H,4-5,8-9H2,1H3. The molecule has 27 heavy (non-hydrogen) atoms. The second-order valence-corrected chi connectivity index (χ2v) is 9.70. The Kier molecular flexibility index (Phi) is 5.16. The van der Waals surface area contributed by atoms with Crippen LogP contribution in [0.2, 0.25) is 0 Å². The summed E-state index contributed by atoms with van der Waals surface area (Å²) in [6, 6.07) is 7.31. The molecule has 1 fully saturated rings. The number of aromatic nitrogens is 1. The van der Waals surface area contributed by atoms with Crippen LogP contribution in [0.15, 0.2) is 41.4 Å². The largest absolute Gasteiger partial charge is 0.356 e. The normalized spacial score (nSPS) is 14.9. The van der Waals surface area contributed by atoms with Crippen LogP contribution in [0.3, 0.4) is 0 Å². The Morgan fingerprint density at radius 1 is 1.04 bits per heavy atom. The number of nitrogens with zero attached hydrogens (tertiary/aromatic N) is 1. The first-order valence-corrected chi connectivity index (χ1v) is 11.6. The van der Waals surface area contributed by atoms with Gasteiger partial charge in [0.15, 0.2) is 0 Å². The van der Waals surface area contributed by atoms with E-state index in [2.05, 4.69) is 14.4 Å². The summed E-state index contributed by atoms with van der Waals surface area (Å²) in [4.78, 5) is 16.6. The Hall–Kier alpha value is -2.53. The molecule has 0 spiro atoms. The maximum atomic E-state index is 12.6. The van der Waals surface area contributed by atoms with E-state index in [0.717, 1.165) is 19.1 Å². The van der Waals surface area contributed by atoms with E-state index in [1.165, 1.54) is 24.4 Å². The first-order valence-electron chi connectivity index (χ1n) is 8.23. The van der Waals surface area contributed by atoms with E-state index in [1.54, 1.807) is 17.0 Å². The third-order valence-electron chi connectivity index (χ3n) is 4.06. The topological polar surface area (TPSA) is 128 Å². The fraction of sp³-hybridized carbons (Fsp3) is 0.312. The Bertz CT molecular complexity index is 1050. The van der Waals surface area contributed by atoms with Crippen molar-refractivity contribution in [3.8, 4) is 0 Å². The van der Waals surface area contributed by atoms with Crippen molar-refractivity contribution in [2.75, 3.05) is 28.8 Å². The van der Waals surface area contributed by atoms with Gasteiger partial charge in [0.05, 0.1) is 17.6 Å². The van der Waals surface area contributed by atoms with Crippen LogP contribution < -0.4 is 9.44 Å². The molecule has 1 aromatic carbocycles. The molecular formula is C16H20N4O5S2. The van der Waals surface area contributed by atoms with Crippen molar-refractivity contribution in [2.45, 2.75) is 17.7 Å². The molecule has 0 saturated carbocycles. The molecule has 3 N–H and O–H groups in total. The van der Waals surface area contributed by atoms with Gasteiger partial charge in [-0.3, -0.25) is 14.2 Å². The van der Waals surface area contributed by atoms with E-state index < -0.39 is 20.0 Å². The van der Waals surface area contributed by atoms with Crippen LogP contribution in [0, 0.1) is 0 Å². The Balaban J connectivity index is 1.83. The lowest BCUT2D eigenvalue weighted by Crippen LogP contribution is -2.27. The van der Waals surface area contributed by atoms with Gasteiger partial charge in [-0.1, -0.05) is 12.1 Å². The number of amides is 1. The van der Waals surface area contributed by atoms with Crippen LogP contribution in [-0.4, -0.2) is 52.0 Å². The molecule has 1 amide bonds. The van der Waals surface area contributed by atoms with Crippen molar-refractivity contribution in [1.29, 1.82) is 0 Å². The summed E-state index contributed by atoms with van der Waals surface area (Å²) >= 11 is 0. The lowest BCUT2D eigenvalue weighted by atomic mass is 10.3. The van der Waals surface area contributed by atoms with E-state index in [1.807, 2.05) is 0 Å². The monoisotopic (exact) mass is 412 g/mol. The molecule has 0 atom stereocenters. The number of benzene rings is 1. The van der Waals surface area contributed by atoms with E-state index in [-0.39, 0.29) is 27.9 Å². The quantitative estimate of drug-likeness (QED) is 0.661. The first kappa shape index (κ1) is 19.2. The molecule has 0 radical (unpaired) electrons. The zero-order valence-corrected chi connectivity index (χ0v) is 16.2. The number of hydrogen-bond donors (Lipinski definition) is 3. The molecule has 1 aromatic heterocycles. The summed E-state index contributed by atoms with van der Waals surface area (Å²) < 4.78 is 52.8. The third kappa shape index (κ3) is 4.61. The van der Waals surface area contributed by atoms with Gasteiger partial charge in [0, 0.05) is 19.3 Å². The van der Waals surface area contributed by atoms with Crippen molar-refractivity contribution in [2.24, 2.45) is 0 Å². The number of sulfonamides is 2. The zero-order valence-electron chi connectivity index (χ0n) is 14.6.